The molecule has 0 spiro atoms. The monoisotopic (exact) mass is 168 g/mol. The molecule has 0 radical (unpaired) electrons. The third kappa shape index (κ3) is 2.10. The lowest BCUT2D eigenvalue weighted by Gasteiger charge is -2.33. The molecule has 1 unspecified atom stereocenters. The van der Waals surface area contributed by atoms with Crippen LogP contribution in [-0.2, 0) is 0 Å². The summed E-state index contributed by atoms with van der Waals surface area (Å²) in [6.07, 6.45) is 6.49. The molecular formula is C11H20O. The van der Waals surface area contributed by atoms with Crippen molar-refractivity contribution in [3.8, 4) is 0 Å². The molecule has 1 aliphatic rings. The highest BCUT2D eigenvalue weighted by Crippen LogP contribution is 2.35. The van der Waals surface area contributed by atoms with Crippen molar-refractivity contribution in [2.75, 3.05) is 0 Å². The number of aliphatic hydroxyl groups excluding tert-OH is 1. The summed E-state index contributed by atoms with van der Waals surface area (Å²) in [6, 6.07) is 0. The zero-order valence-corrected chi connectivity index (χ0v) is 8.43. The highest BCUT2D eigenvalue weighted by atomic mass is 16.3. The summed E-state index contributed by atoms with van der Waals surface area (Å²) >= 11 is 0. The maximum Gasteiger partial charge on any atom is 0.0774 e. The molecule has 1 N–H and O–H groups in total. The number of allylic oxidation sites excluding steroid dienone is 1. The van der Waals surface area contributed by atoms with Gasteiger partial charge < -0.3 is 5.11 Å². The minimum atomic E-state index is -0.229. The number of aliphatic hydroxyl groups is 1. The molecule has 0 fully saturated rings. The van der Waals surface area contributed by atoms with Crippen LogP contribution in [-0.4, -0.2) is 11.2 Å². The fourth-order valence-electron chi connectivity index (χ4n) is 1.69. The molecule has 1 heteroatoms. The van der Waals surface area contributed by atoms with Crippen molar-refractivity contribution >= 4 is 0 Å². The summed E-state index contributed by atoms with van der Waals surface area (Å²) in [7, 11) is 0. The van der Waals surface area contributed by atoms with Crippen molar-refractivity contribution in [2.45, 2.75) is 52.6 Å². The van der Waals surface area contributed by atoms with E-state index in [1.165, 1.54) is 18.4 Å². The zero-order chi connectivity index (χ0) is 9.19. The maximum atomic E-state index is 9.76. The van der Waals surface area contributed by atoms with E-state index in [2.05, 4.69) is 26.8 Å². The molecule has 0 aromatic heterocycles. The Morgan fingerprint density at radius 2 is 2.25 bits per heavy atom. The number of hydrogen-bond donors (Lipinski definition) is 1. The standard InChI is InChI=1S/C11H20O/c1-4-5-9-6-7-11(2,3)10(12)8-9/h8,10,12H,4-7H2,1-3H3. The van der Waals surface area contributed by atoms with Crippen LogP contribution in [0.4, 0.5) is 0 Å². The lowest BCUT2D eigenvalue weighted by molar-refractivity contribution is 0.0747. The van der Waals surface area contributed by atoms with Gasteiger partial charge in [-0.25, -0.2) is 0 Å². The summed E-state index contributed by atoms with van der Waals surface area (Å²) < 4.78 is 0. The molecule has 0 bridgehead atoms. The fraction of sp³-hybridized carbons (Fsp3) is 0.818. The van der Waals surface area contributed by atoms with Gasteiger partial charge in [0.1, 0.15) is 0 Å². The summed E-state index contributed by atoms with van der Waals surface area (Å²) in [6.45, 7) is 6.46. The van der Waals surface area contributed by atoms with Gasteiger partial charge in [0.15, 0.2) is 0 Å². The van der Waals surface area contributed by atoms with Crippen LogP contribution in [0.15, 0.2) is 11.6 Å². The molecule has 0 heterocycles. The first-order chi connectivity index (χ1) is 5.56. The molecule has 70 valence electrons. The van der Waals surface area contributed by atoms with Gasteiger partial charge in [-0.2, -0.15) is 0 Å². The van der Waals surface area contributed by atoms with Gasteiger partial charge in [-0.05, 0) is 24.7 Å². The van der Waals surface area contributed by atoms with Crippen LogP contribution in [0.2, 0.25) is 0 Å². The van der Waals surface area contributed by atoms with E-state index < -0.39 is 0 Å². The minimum Gasteiger partial charge on any atom is -0.388 e. The number of hydrogen-bond acceptors (Lipinski definition) is 1. The lowest BCUT2D eigenvalue weighted by Crippen LogP contribution is -2.30. The molecule has 0 aromatic rings. The second-order valence-corrected chi connectivity index (χ2v) is 4.51. The highest BCUT2D eigenvalue weighted by molar-refractivity contribution is 5.12. The molecule has 12 heavy (non-hydrogen) atoms. The summed E-state index contributed by atoms with van der Waals surface area (Å²) in [4.78, 5) is 0. The van der Waals surface area contributed by atoms with Crippen molar-refractivity contribution in [1.82, 2.24) is 0 Å². The van der Waals surface area contributed by atoms with Crippen molar-refractivity contribution in [3.05, 3.63) is 11.6 Å². The Morgan fingerprint density at radius 3 is 2.75 bits per heavy atom. The van der Waals surface area contributed by atoms with E-state index in [0.717, 1.165) is 12.8 Å². The quantitative estimate of drug-likeness (QED) is 0.629. The topological polar surface area (TPSA) is 20.2 Å². The van der Waals surface area contributed by atoms with Gasteiger partial charge in [0.2, 0.25) is 0 Å². The van der Waals surface area contributed by atoms with Crippen molar-refractivity contribution in [1.29, 1.82) is 0 Å². The second kappa shape index (κ2) is 3.61. The normalized spacial score (nSPS) is 28.3. The molecule has 0 saturated carbocycles. The zero-order valence-electron chi connectivity index (χ0n) is 8.43. The molecule has 1 atom stereocenters. The Balaban J connectivity index is 2.62. The van der Waals surface area contributed by atoms with Gasteiger partial charge in [0, 0.05) is 0 Å². The Hall–Kier alpha value is -0.300. The highest BCUT2D eigenvalue weighted by Gasteiger charge is 2.29. The van der Waals surface area contributed by atoms with Crippen molar-refractivity contribution in [3.63, 3.8) is 0 Å². The van der Waals surface area contributed by atoms with E-state index in [1.54, 1.807) is 0 Å². The number of rotatable bonds is 2. The minimum absolute atomic E-state index is 0.0945. The van der Waals surface area contributed by atoms with Gasteiger partial charge in [0.05, 0.1) is 6.10 Å². The van der Waals surface area contributed by atoms with E-state index in [9.17, 15) is 5.11 Å². The van der Waals surface area contributed by atoms with Crippen molar-refractivity contribution in [2.24, 2.45) is 5.41 Å². The van der Waals surface area contributed by atoms with Crippen LogP contribution in [0.5, 0.6) is 0 Å². The molecular weight excluding hydrogens is 148 g/mol. The first kappa shape index (κ1) is 9.79. The van der Waals surface area contributed by atoms with Crippen LogP contribution in [0, 0.1) is 5.41 Å². The van der Waals surface area contributed by atoms with Gasteiger partial charge in [-0.1, -0.05) is 38.8 Å². The first-order valence-corrected chi connectivity index (χ1v) is 4.94. The molecule has 1 aliphatic carbocycles. The molecule has 0 aliphatic heterocycles. The van der Waals surface area contributed by atoms with Gasteiger partial charge in [-0.3, -0.25) is 0 Å². The smallest absolute Gasteiger partial charge is 0.0774 e. The average Bonchev–Trinajstić information content (AvgIpc) is 1.98. The van der Waals surface area contributed by atoms with Crippen LogP contribution in [0.25, 0.3) is 0 Å². The summed E-state index contributed by atoms with van der Waals surface area (Å²) in [5.41, 5.74) is 1.54. The molecule has 0 aromatic carbocycles. The molecule has 1 rings (SSSR count). The fourth-order valence-corrected chi connectivity index (χ4v) is 1.69. The largest absolute Gasteiger partial charge is 0.388 e. The first-order valence-electron chi connectivity index (χ1n) is 4.94. The average molecular weight is 168 g/mol. The lowest BCUT2D eigenvalue weighted by atomic mass is 9.75. The van der Waals surface area contributed by atoms with E-state index >= 15 is 0 Å². The van der Waals surface area contributed by atoms with Gasteiger partial charge in [0.25, 0.3) is 0 Å². The van der Waals surface area contributed by atoms with Crippen molar-refractivity contribution < 1.29 is 5.11 Å². The molecule has 1 nitrogen and oxygen atoms in total. The predicted octanol–water partition coefficient (Wildman–Crippen LogP) is 2.89. The Kier molecular flexibility index (Phi) is 2.94. The van der Waals surface area contributed by atoms with Crippen LogP contribution in [0.3, 0.4) is 0 Å². The Bertz CT molecular complexity index is 179. The SMILES string of the molecule is CCCC1=CC(O)C(C)(C)CC1. The molecule has 0 saturated heterocycles. The van der Waals surface area contributed by atoms with Gasteiger partial charge >= 0.3 is 0 Å². The third-order valence-corrected chi connectivity index (χ3v) is 2.86. The second-order valence-electron chi connectivity index (χ2n) is 4.51. The Morgan fingerprint density at radius 1 is 1.58 bits per heavy atom. The Labute approximate surface area is 75.5 Å². The van der Waals surface area contributed by atoms with Crippen LogP contribution in [0.1, 0.15) is 46.5 Å². The summed E-state index contributed by atoms with van der Waals surface area (Å²) in [5.74, 6) is 0. The van der Waals surface area contributed by atoms with E-state index in [4.69, 9.17) is 0 Å². The predicted molar refractivity (Wildman–Crippen MR) is 52.0 cm³/mol. The van der Waals surface area contributed by atoms with Gasteiger partial charge in [-0.15, -0.1) is 0 Å². The van der Waals surface area contributed by atoms with E-state index in [-0.39, 0.29) is 11.5 Å². The summed E-state index contributed by atoms with van der Waals surface area (Å²) in [5, 5.41) is 9.76. The van der Waals surface area contributed by atoms with E-state index in [0.29, 0.717) is 0 Å². The third-order valence-electron chi connectivity index (χ3n) is 2.86. The van der Waals surface area contributed by atoms with Crippen LogP contribution >= 0.6 is 0 Å². The van der Waals surface area contributed by atoms with Crippen LogP contribution < -0.4 is 0 Å². The molecule has 0 amide bonds. The van der Waals surface area contributed by atoms with E-state index in [1.807, 2.05) is 0 Å². The maximum absolute atomic E-state index is 9.76.